The molecule has 0 aliphatic heterocycles. The first-order chi connectivity index (χ1) is 8.74. The lowest BCUT2D eigenvalue weighted by atomic mass is 10.1. The Labute approximate surface area is 116 Å². The molecule has 0 saturated carbocycles. The summed E-state index contributed by atoms with van der Waals surface area (Å²) in [4.78, 5) is 8.94. The molecule has 0 fully saturated rings. The number of hydrogen-bond acceptors (Lipinski definition) is 3. The highest BCUT2D eigenvalue weighted by Crippen LogP contribution is 2.22. The Hall–Kier alpha value is -1.26. The van der Waals surface area contributed by atoms with E-state index in [2.05, 4.69) is 38.9 Å². The third-order valence-corrected chi connectivity index (χ3v) is 3.43. The second-order valence-electron chi connectivity index (χ2n) is 4.15. The number of benzene rings is 1. The molecule has 4 heteroatoms. The molecule has 18 heavy (non-hydrogen) atoms. The number of halogens is 1. The zero-order valence-electron chi connectivity index (χ0n) is 10.3. The number of hydrogen-bond donors (Lipinski definition) is 1. The van der Waals surface area contributed by atoms with Crippen LogP contribution in [0.3, 0.4) is 0 Å². The second-order valence-corrected chi connectivity index (χ2v) is 5.07. The van der Waals surface area contributed by atoms with Crippen LogP contribution >= 0.6 is 15.9 Å². The van der Waals surface area contributed by atoms with Gasteiger partial charge >= 0.3 is 0 Å². The Kier molecular flexibility index (Phi) is 4.44. The van der Waals surface area contributed by atoms with Gasteiger partial charge in [-0.1, -0.05) is 35.0 Å². The summed E-state index contributed by atoms with van der Waals surface area (Å²) >= 11 is 3.47. The van der Waals surface area contributed by atoms with Gasteiger partial charge in [0.05, 0.1) is 5.69 Å². The van der Waals surface area contributed by atoms with Gasteiger partial charge in [0.1, 0.15) is 5.82 Å². The third kappa shape index (κ3) is 2.94. The molecule has 0 spiro atoms. The average molecular weight is 306 g/mol. The molecule has 1 unspecified atom stereocenters. The van der Waals surface area contributed by atoms with Crippen molar-refractivity contribution in [2.45, 2.75) is 19.3 Å². The van der Waals surface area contributed by atoms with Gasteiger partial charge in [0.25, 0.3) is 0 Å². The standard InChI is InChI=1S/C14H16BrN3/c1-2-10(9-16)14-17-7-6-13(18-14)11-4-3-5-12(15)8-11/h3-8,10H,2,9,16H2,1H3. The van der Waals surface area contributed by atoms with Crippen molar-refractivity contribution in [3.05, 3.63) is 46.8 Å². The summed E-state index contributed by atoms with van der Waals surface area (Å²) in [6.07, 6.45) is 2.76. The molecule has 0 bridgehead atoms. The molecule has 0 radical (unpaired) electrons. The van der Waals surface area contributed by atoms with E-state index in [0.717, 1.165) is 28.0 Å². The van der Waals surface area contributed by atoms with Crippen molar-refractivity contribution in [2.24, 2.45) is 5.73 Å². The molecule has 2 rings (SSSR count). The van der Waals surface area contributed by atoms with Crippen LogP contribution in [0.1, 0.15) is 25.1 Å². The summed E-state index contributed by atoms with van der Waals surface area (Å²) in [6.45, 7) is 2.69. The van der Waals surface area contributed by atoms with Crippen LogP contribution in [0.2, 0.25) is 0 Å². The van der Waals surface area contributed by atoms with Crippen LogP contribution in [0.4, 0.5) is 0 Å². The zero-order valence-corrected chi connectivity index (χ0v) is 11.9. The van der Waals surface area contributed by atoms with Crippen LogP contribution in [0.15, 0.2) is 41.0 Å². The predicted octanol–water partition coefficient (Wildman–Crippen LogP) is 3.36. The lowest BCUT2D eigenvalue weighted by Crippen LogP contribution is -2.14. The van der Waals surface area contributed by atoms with Crippen LogP contribution < -0.4 is 5.73 Å². The lowest BCUT2D eigenvalue weighted by molar-refractivity contribution is 0.631. The number of rotatable bonds is 4. The van der Waals surface area contributed by atoms with Crippen molar-refractivity contribution in [3.63, 3.8) is 0 Å². The van der Waals surface area contributed by atoms with E-state index < -0.39 is 0 Å². The summed E-state index contributed by atoms with van der Waals surface area (Å²) in [7, 11) is 0. The minimum Gasteiger partial charge on any atom is -0.330 e. The maximum absolute atomic E-state index is 5.74. The van der Waals surface area contributed by atoms with Gasteiger partial charge in [0.2, 0.25) is 0 Å². The molecule has 1 atom stereocenters. The van der Waals surface area contributed by atoms with Gasteiger partial charge in [-0.2, -0.15) is 0 Å². The van der Waals surface area contributed by atoms with Crippen molar-refractivity contribution in [1.29, 1.82) is 0 Å². The summed E-state index contributed by atoms with van der Waals surface area (Å²) in [5, 5.41) is 0. The first kappa shape index (κ1) is 13.2. The fraction of sp³-hybridized carbons (Fsp3) is 0.286. The third-order valence-electron chi connectivity index (χ3n) is 2.94. The van der Waals surface area contributed by atoms with Crippen LogP contribution in [-0.2, 0) is 0 Å². The molecule has 0 aliphatic rings. The van der Waals surface area contributed by atoms with Gasteiger partial charge in [-0.3, -0.25) is 0 Å². The highest BCUT2D eigenvalue weighted by molar-refractivity contribution is 9.10. The molecule has 1 aromatic heterocycles. The fourth-order valence-corrected chi connectivity index (χ4v) is 2.23. The first-order valence-electron chi connectivity index (χ1n) is 6.03. The second kappa shape index (κ2) is 6.07. The highest BCUT2D eigenvalue weighted by atomic mass is 79.9. The average Bonchev–Trinajstić information content (AvgIpc) is 2.41. The number of aromatic nitrogens is 2. The summed E-state index contributed by atoms with van der Waals surface area (Å²) in [5.74, 6) is 1.06. The zero-order chi connectivity index (χ0) is 13.0. The normalized spacial score (nSPS) is 12.4. The van der Waals surface area contributed by atoms with Crippen molar-refractivity contribution >= 4 is 15.9 Å². The van der Waals surface area contributed by atoms with Gasteiger partial charge in [-0.15, -0.1) is 0 Å². The van der Waals surface area contributed by atoms with E-state index in [1.54, 1.807) is 6.20 Å². The van der Waals surface area contributed by atoms with Gasteiger partial charge in [0, 0.05) is 28.7 Å². The Morgan fingerprint density at radius 1 is 1.33 bits per heavy atom. The molecule has 1 aromatic carbocycles. The molecule has 0 saturated heterocycles. The topological polar surface area (TPSA) is 51.8 Å². The number of nitrogens with two attached hydrogens (primary N) is 1. The maximum Gasteiger partial charge on any atom is 0.133 e. The van der Waals surface area contributed by atoms with E-state index in [0.29, 0.717) is 6.54 Å². The van der Waals surface area contributed by atoms with Crippen molar-refractivity contribution in [2.75, 3.05) is 6.54 Å². The minimum atomic E-state index is 0.233. The van der Waals surface area contributed by atoms with E-state index in [1.807, 2.05) is 24.3 Å². The maximum atomic E-state index is 5.74. The molecule has 0 amide bonds. The summed E-state index contributed by atoms with van der Waals surface area (Å²) in [6, 6.07) is 10.0. The van der Waals surface area contributed by atoms with Gasteiger partial charge in [0.15, 0.2) is 0 Å². The molecule has 3 nitrogen and oxygen atoms in total. The van der Waals surface area contributed by atoms with Gasteiger partial charge < -0.3 is 5.73 Å². The quantitative estimate of drug-likeness (QED) is 0.942. The molecule has 94 valence electrons. The van der Waals surface area contributed by atoms with Crippen LogP contribution in [-0.4, -0.2) is 16.5 Å². The fourth-order valence-electron chi connectivity index (χ4n) is 1.83. The molecular weight excluding hydrogens is 290 g/mol. The van der Waals surface area contributed by atoms with Gasteiger partial charge in [-0.25, -0.2) is 9.97 Å². The predicted molar refractivity (Wildman–Crippen MR) is 77.3 cm³/mol. The van der Waals surface area contributed by atoms with Crippen LogP contribution in [0, 0.1) is 0 Å². The molecule has 2 N–H and O–H groups in total. The summed E-state index contributed by atoms with van der Waals surface area (Å²) in [5.41, 5.74) is 7.76. The monoisotopic (exact) mass is 305 g/mol. The minimum absolute atomic E-state index is 0.233. The highest BCUT2D eigenvalue weighted by Gasteiger charge is 2.11. The van der Waals surface area contributed by atoms with Crippen LogP contribution in [0.25, 0.3) is 11.3 Å². The Morgan fingerprint density at radius 2 is 2.17 bits per heavy atom. The van der Waals surface area contributed by atoms with Gasteiger partial charge in [-0.05, 0) is 24.6 Å². The van der Waals surface area contributed by atoms with E-state index in [9.17, 15) is 0 Å². The number of nitrogens with zero attached hydrogens (tertiary/aromatic N) is 2. The van der Waals surface area contributed by atoms with Crippen molar-refractivity contribution in [3.8, 4) is 11.3 Å². The Morgan fingerprint density at radius 3 is 2.83 bits per heavy atom. The molecule has 2 aromatic rings. The molecule has 1 heterocycles. The summed E-state index contributed by atoms with van der Waals surface area (Å²) < 4.78 is 1.05. The molecule has 0 aliphatic carbocycles. The van der Waals surface area contributed by atoms with Crippen LogP contribution in [0.5, 0.6) is 0 Å². The molecular formula is C14H16BrN3. The largest absolute Gasteiger partial charge is 0.330 e. The van der Waals surface area contributed by atoms with E-state index in [-0.39, 0.29) is 5.92 Å². The van der Waals surface area contributed by atoms with Crippen molar-refractivity contribution in [1.82, 2.24) is 9.97 Å². The van der Waals surface area contributed by atoms with E-state index in [4.69, 9.17) is 5.73 Å². The smallest absolute Gasteiger partial charge is 0.133 e. The lowest BCUT2D eigenvalue weighted by Gasteiger charge is -2.11. The SMILES string of the molecule is CCC(CN)c1nccc(-c2cccc(Br)c2)n1. The van der Waals surface area contributed by atoms with E-state index in [1.165, 1.54) is 0 Å². The Bertz CT molecular complexity index is 524. The first-order valence-corrected chi connectivity index (χ1v) is 6.82. The van der Waals surface area contributed by atoms with E-state index >= 15 is 0 Å². The van der Waals surface area contributed by atoms with Crippen molar-refractivity contribution < 1.29 is 0 Å². The Balaban J connectivity index is 2.38.